The summed E-state index contributed by atoms with van der Waals surface area (Å²) in [5, 5.41) is 10.1. The third-order valence-corrected chi connectivity index (χ3v) is 4.02. The van der Waals surface area contributed by atoms with Crippen molar-refractivity contribution in [3.63, 3.8) is 0 Å². The molecule has 5 heteroatoms. The first-order chi connectivity index (χ1) is 9.24. The van der Waals surface area contributed by atoms with Crippen LogP contribution in [0.15, 0.2) is 24.3 Å². The lowest BCUT2D eigenvalue weighted by Gasteiger charge is -2.11. The average Bonchev–Trinajstić information content (AvgIpc) is 2.82. The Morgan fingerprint density at radius 1 is 1.32 bits per heavy atom. The number of hydrogen-bond acceptors (Lipinski definition) is 2. The summed E-state index contributed by atoms with van der Waals surface area (Å²) in [4.78, 5) is 12.3. The van der Waals surface area contributed by atoms with Gasteiger partial charge in [-0.1, -0.05) is 6.07 Å². The van der Waals surface area contributed by atoms with E-state index in [1.54, 1.807) is 0 Å². The molecule has 3 rings (SSSR count). The zero-order valence-corrected chi connectivity index (χ0v) is 12.5. The van der Waals surface area contributed by atoms with Crippen LogP contribution in [0.2, 0.25) is 0 Å². The molecule has 4 nitrogen and oxygen atoms in total. The van der Waals surface area contributed by atoms with E-state index >= 15 is 0 Å². The van der Waals surface area contributed by atoms with E-state index in [0.29, 0.717) is 5.69 Å². The molecule has 1 aromatic carbocycles. The van der Waals surface area contributed by atoms with Crippen LogP contribution in [0.4, 0.5) is 5.69 Å². The zero-order chi connectivity index (χ0) is 13.2. The number of aromatic amines is 1. The predicted molar refractivity (Wildman–Crippen MR) is 82.3 cm³/mol. The third-order valence-electron chi connectivity index (χ3n) is 3.35. The number of nitrogens with zero attached hydrogens (tertiary/aromatic N) is 1. The fraction of sp³-hybridized carbons (Fsp3) is 0.286. The Kier molecular flexibility index (Phi) is 3.54. The van der Waals surface area contributed by atoms with Crippen LogP contribution < -0.4 is 5.32 Å². The molecule has 0 radical (unpaired) electrons. The van der Waals surface area contributed by atoms with Crippen LogP contribution in [-0.4, -0.2) is 16.1 Å². The van der Waals surface area contributed by atoms with Crippen LogP contribution in [0.3, 0.4) is 0 Å². The largest absolute Gasteiger partial charge is 0.321 e. The van der Waals surface area contributed by atoms with Gasteiger partial charge in [0.15, 0.2) is 5.69 Å². The highest BCUT2D eigenvalue weighted by atomic mass is 127. The highest BCUT2D eigenvalue weighted by Crippen LogP contribution is 2.23. The van der Waals surface area contributed by atoms with Gasteiger partial charge in [0.1, 0.15) is 0 Å². The SMILES string of the molecule is O=C(Nc1cccc(I)c1)c1n[nH]c2c1CCCC2. The van der Waals surface area contributed by atoms with E-state index in [4.69, 9.17) is 0 Å². The molecule has 0 bridgehead atoms. The maximum absolute atomic E-state index is 12.3. The molecule has 0 spiro atoms. The van der Waals surface area contributed by atoms with Crippen molar-refractivity contribution in [2.45, 2.75) is 25.7 Å². The molecule has 0 fully saturated rings. The molecule has 1 amide bonds. The lowest BCUT2D eigenvalue weighted by molar-refractivity contribution is 0.102. The second kappa shape index (κ2) is 5.32. The molecule has 0 aliphatic heterocycles. The average molecular weight is 367 g/mol. The summed E-state index contributed by atoms with van der Waals surface area (Å²) >= 11 is 2.23. The number of halogens is 1. The number of fused-ring (bicyclic) bond motifs is 1. The van der Waals surface area contributed by atoms with Gasteiger partial charge in [-0.15, -0.1) is 0 Å². The smallest absolute Gasteiger partial charge is 0.276 e. The van der Waals surface area contributed by atoms with E-state index < -0.39 is 0 Å². The van der Waals surface area contributed by atoms with Gasteiger partial charge >= 0.3 is 0 Å². The normalized spacial score (nSPS) is 13.9. The van der Waals surface area contributed by atoms with Gasteiger partial charge in [-0.3, -0.25) is 9.89 Å². The van der Waals surface area contributed by atoms with E-state index in [0.717, 1.165) is 39.8 Å². The molecule has 2 aromatic rings. The number of aromatic nitrogens is 2. The molecule has 0 saturated carbocycles. The van der Waals surface area contributed by atoms with Crippen molar-refractivity contribution in [3.8, 4) is 0 Å². The fourth-order valence-electron chi connectivity index (χ4n) is 2.43. The Balaban J connectivity index is 1.83. The van der Waals surface area contributed by atoms with E-state index in [1.807, 2.05) is 24.3 Å². The first-order valence-electron chi connectivity index (χ1n) is 6.37. The number of H-pyrrole nitrogens is 1. The Morgan fingerprint density at radius 3 is 3.00 bits per heavy atom. The second-order valence-electron chi connectivity index (χ2n) is 4.70. The number of amides is 1. The highest BCUT2D eigenvalue weighted by Gasteiger charge is 2.21. The van der Waals surface area contributed by atoms with Crippen molar-refractivity contribution >= 4 is 34.2 Å². The summed E-state index contributed by atoms with van der Waals surface area (Å²) < 4.78 is 1.10. The van der Waals surface area contributed by atoms with Crippen molar-refractivity contribution in [1.82, 2.24) is 10.2 Å². The second-order valence-corrected chi connectivity index (χ2v) is 5.95. The van der Waals surface area contributed by atoms with Crippen molar-refractivity contribution in [3.05, 3.63) is 44.8 Å². The minimum atomic E-state index is -0.124. The molecule has 19 heavy (non-hydrogen) atoms. The molecule has 98 valence electrons. The minimum absolute atomic E-state index is 0.124. The van der Waals surface area contributed by atoms with E-state index in [1.165, 1.54) is 6.42 Å². The van der Waals surface area contributed by atoms with Crippen molar-refractivity contribution in [1.29, 1.82) is 0 Å². The Hall–Kier alpha value is -1.37. The number of carbonyl (C=O) groups is 1. The van der Waals surface area contributed by atoms with Gasteiger partial charge in [0.05, 0.1) is 0 Å². The number of aryl methyl sites for hydroxylation is 1. The lowest BCUT2D eigenvalue weighted by atomic mass is 9.96. The molecular formula is C14H14IN3O. The molecule has 1 heterocycles. The van der Waals surface area contributed by atoms with E-state index in [9.17, 15) is 4.79 Å². The van der Waals surface area contributed by atoms with Crippen LogP contribution in [0.5, 0.6) is 0 Å². The molecule has 2 N–H and O–H groups in total. The Bertz CT molecular complexity index is 621. The molecule has 1 aromatic heterocycles. The summed E-state index contributed by atoms with van der Waals surface area (Å²) in [5.74, 6) is -0.124. The van der Waals surface area contributed by atoms with Crippen molar-refractivity contribution in [2.24, 2.45) is 0 Å². The topological polar surface area (TPSA) is 57.8 Å². The minimum Gasteiger partial charge on any atom is -0.321 e. The van der Waals surface area contributed by atoms with Crippen LogP contribution >= 0.6 is 22.6 Å². The summed E-state index contributed by atoms with van der Waals surface area (Å²) in [6.45, 7) is 0. The van der Waals surface area contributed by atoms with Crippen molar-refractivity contribution < 1.29 is 4.79 Å². The van der Waals surface area contributed by atoms with E-state index in [2.05, 4.69) is 38.1 Å². The maximum Gasteiger partial charge on any atom is 0.276 e. The van der Waals surface area contributed by atoms with Crippen LogP contribution in [0.25, 0.3) is 0 Å². The number of benzene rings is 1. The van der Waals surface area contributed by atoms with Crippen LogP contribution in [-0.2, 0) is 12.8 Å². The van der Waals surface area contributed by atoms with Crippen molar-refractivity contribution in [2.75, 3.05) is 5.32 Å². The number of anilines is 1. The summed E-state index contributed by atoms with van der Waals surface area (Å²) in [7, 11) is 0. The summed E-state index contributed by atoms with van der Waals surface area (Å²) in [6, 6.07) is 7.75. The molecule has 0 atom stereocenters. The van der Waals surface area contributed by atoms with Gasteiger partial charge in [0, 0.05) is 20.5 Å². The zero-order valence-electron chi connectivity index (χ0n) is 10.4. The number of rotatable bonds is 2. The first kappa shape index (κ1) is 12.7. The Labute approximate surface area is 125 Å². The van der Waals surface area contributed by atoms with Gasteiger partial charge in [-0.2, -0.15) is 5.10 Å². The van der Waals surface area contributed by atoms with Gasteiger partial charge in [0.2, 0.25) is 0 Å². The predicted octanol–water partition coefficient (Wildman–Crippen LogP) is 3.15. The molecule has 1 aliphatic rings. The fourth-order valence-corrected chi connectivity index (χ4v) is 2.97. The summed E-state index contributed by atoms with van der Waals surface area (Å²) in [5.41, 5.74) is 3.58. The maximum atomic E-state index is 12.3. The molecule has 1 aliphatic carbocycles. The van der Waals surface area contributed by atoms with Gasteiger partial charge in [0.25, 0.3) is 5.91 Å². The number of hydrogen-bond donors (Lipinski definition) is 2. The monoisotopic (exact) mass is 367 g/mol. The standard InChI is InChI=1S/C14H14IN3O/c15-9-4-3-5-10(8-9)16-14(19)13-11-6-1-2-7-12(11)17-18-13/h3-5,8H,1-2,6-7H2,(H,16,19)(H,17,18). The molecule has 0 saturated heterocycles. The molecule has 0 unspecified atom stereocenters. The van der Waals surface area contributed by atoms with Crippen LogP contribution in [0, 0.1) is 3.57 Å². The van der Waals surface area contributed by atoms with Gasteiger partial charge < -0.3 is 5.32 Å². The highest BCUT2D eigenvalue weighted by molar-refractivity contribution is 14.1. The number of nitrogens with one attached hydrogen (secondary N) is 2. The number of carbonyl (C=O) groups excluding carboxylic acids is 1. The van der Waals surface area contributed by atoms with E-state index in [-0.39, 0.29) is 5.91 Å². The van der Waals surface area contributed by atoms with Gasteiger partial charge in [-0.05, 0) is 66.5 Å². The van der Waals surface area contributed by atoms with Gasteiger partial charge in [-0.25, -0.2) is 0 Å². The molecular weight excluding hydrogens is 353 g/mol. The first-order valence-corrected chi connectivity index (χ1v) is 7.45. The van der Waals surface area contributed by atoms with Crippen LogP contribution in [0.1, 0.15) is 34.6 Å². The third kappa shape index (κ3) is 2.65. The summed E-state index contributed by atoms with van der Waals surface area (Å²) in [6.07, 6.45) is 4.25. The Morgan fingerprint density at radius 2 is 2.16 bits per heavy atom. The quantitative estimate of drug-likeness (QED) is 0.802. The lowest BCUT2D eigenvalue weighted by Crippen LogP contribution is -2.15.